The summed E-state index contributed by atoms with van der Waals surface area (Å²) in [5.41, 5.74) is 3.00. The summed E-state index contributed by atoms with van der Waals surface area (Å²) in [5.74, 6) is 2.97. The van der Waals surface area contributed by atoms with E-state index in [0.717, 1.165) is 43.4 Å². The van der Waals surface area contributed by atoms with E-state index in [2.05, 4.69) is 67.9 Å². The molecule has 2 aliphatic heterocycles. The second-order valence-electron chi connectivity index (χ2n) is 10.0. The van der Waals surface area contributed by atoms with Crippen LogP contribution in [0.1, 0.15) is 98.3 Å². The monoisotopic (exact) mass is 452 g/mol. The van der Waals surface area contributed by atoms with Crippen molar-refractivity contribution in [3.05, 3.63) is 35.7 Å². The molecule has 4 heteroatoms. The van der Waals surface area contributed by atoms with Crippen LogP contribution in [0.25, 0.3) is 0 Å². The first-order valence-electron chi connectivity index (χ1n) is 13.3. The van der Waals surface area contributed by atoms with Gasteiger partial charge in [0.25, 0.3) is 0 Å². The van der Waals surface area contributed by atoms with Crippen molar-refractivity contribution in [2.75, 3.05) is 13.6 Å². The third-order valence-corrected chi connectivity index (χ3v) is 7.74. The molecule has 2 unspecified atom stereocenters. The highest BCUT2D eigenvalue weighted by molar-refractivity contribution is 5.93. The number of aliphatic imine (C=N–C) groups is 3. The fraction of sp³-hybridized carbons (Fsp3) is 0.690. The minimum Gasteiger partial charge on any atom is -0.369 e. The Morgan fingerprint density at radius 1 is 1.21 bits per heavy atom. The van der Waals surface area contributed by atoms with Gasteiger partial charge in [0, 0.05) is 25.2 Å². The van der Waals surface area contributed by atoms with E-state index < -0.39 is 0 Å². The van der Waals surface area contributed by atoms with Crippen molar-refractivity contribution in [3.8, 4) is 0 Å². The second kappa shape index (κ2) is 14.3. The minimum absolute atomic E-state index is 0.371. The van der Waals surface area contributed by atoms with E-state index in [-0.39, 0.29) is 0 Å². The van der Waals surface area contributed by atoms with Crippen LogP contribution in [-0.2, 0) is 0 Å². The van der Waals surface area contributed by atoms with Gasteiger partial charge in [-0.25, -0.2) is 9.98 Å². The van der Waals surface area contributed by atoms with Crippen LogP contribution >= 0.6 is 0 Å². The summed E-state index contributed by atoms with van der Waals surface area (Å²) < 4.78 is 0. The molecule has 3 atom stereocenters. The van der Waals surface area contributed by atoms with E-state index in [1.54, 1.807) is 0 Å². The molecule has 0 saturated heterocycles. The van der Waals surface area contributed by atoms with Gasteiger partial charge in [-0.05, 0) is 68.2 Å². The minimum atomic E-state index is 0.371. The Morgan fingerprint density at radius 2 is 2.03 bits per heavy atom. The number of amidine groups is 1. The van der Waals surface area contributed by atoms with E-state index in [1.165, 1.54) is 62.7 Å². The maximum absolute atomic E-state index is 4.91. The first kappa shape index (κ1) is 27.3. The van der Waals surface area contributed by atoms with Crippen LogP contribution in [0.4, 0.5) is 0 Å². The van der Waals surface area contributed by atoms with Crippen LogP contribution in [0.3, 0.4) is 0 Å². The number of hydrogen-bond acceptors (Lipinski definition) is 3. The second-order valence-corrected chi connectivity index (χ2v) is 10.0. The Hall–Kier alpha value is -1.97. The van der Waals surface area contributed by atoms with Crippen LogP contribution in [-0.4, -0.2) is 31.9 Å². The van der Waals surface area contributed by atoms with Gasteiger partial charge in [-0.2, -0.15) is 0 Å². The fourth-order valence-corrected chi connectivity index (χ4v) is 5.23. The first-order chi connectivity index (χ1) is 16.0. The molecule has 184 valence electrons. The van der Waals surface area contributed by atoms with Gasteiger partial charge in [-0.1, -0.05) is 78.0 Å². The Kier molecular flexibility index (Phi) is 11.8. The predicted octanol–water partition coefficient (Wildman–Crippen LogP) is 7.69. The lowest BCUT2D eigenvalue weighted by Crippen LogP contribution is -2.30. The number of nitrogens with zero attached hydrogens (tertiary/aromatic N) is 3. The summed E-state index contributed by atoms with van der Waals surface area (Å²) in [6.45, 7) is 14.3. The molecule has 2 heterocycles. The molecule has 4 nitrogen and oxygen atoms in total. The molecule has 0 aromatic heterocycles. The largest absolute Gasteiger partial charge is 0.369 e. The predicted molar refractivity (Wildman–Crippen MR) is 147 cm³/mol. The summed E-state index contributed by atoms with van der Waals surface area (Å²) in [5, 5.41) is 3.34. The van der Waals surface area contributed by atoms with Gasteiger partial charge in [0.15, 0.2) is 5.82 Å². The smallest absolute Gasteiger partial charge is 0.154 e. The molecular weight excluding hydrogens is 404 g/mol. The van der Waals surface area contributed by atoms with Crippen LogP contribution < -0.4 is 5.32 Å². The number of rotatable bonds is 14. The average Bonchev–Trinajstić information content (AvgIpc) is 2.86. The highest BCUT2D eigenvalue weighted by atomic mass is 15.0. The molecule has 33 heavy (non-hydrogen) atoms. The number of hydrogen-bond donors (Lipinski definition) is 1. The zero-order chi connectivity index (χ0) is 24.1. The van der Waals surface area contributed by atoms with E-state index in [0.29, 0.717) is 11.3 Å². The van der Waals surface area contributed by atoms with Crippen molar-refractivity contribution in [2.45, 2.75) is 98.3 Å². The van der Waals surface area contributed by atoms with Crippen LogP contribution in [0.15, 0.2) is 50.7 Å². The molecule has 1 N–H and O–H groups in total. The Morgan fingerprint density at radius 3 is 2.64 bits per heavy atom. The number of nitrogens with one attached hydrogen (secondary N) is 1. The molecule has 0 aromatic rings. The molecule has 0 radical (unpaired) electrons. The van der Waals surface area contributed by atoms with Gasteiger partial charge >= 0.3 is 0 Å². The number of allylic oxidation sites excluding steroid dienone is 2. The quantitative estimate of drug-likeness (QED) is 0.270. The standard InChI is InChI=1S/C29H48N4/c1-7-10-21-29(4,9-3)25(12-8-2)13-11-14-26-19-18-24(28(31-6)33-26)17-15-23-16-20-27(30-5)32-22-23/h15-17,20,23,25H,6-14,18-19,21-22H2,1-5H3,(H,30,32)/b17-15+/t23-,25?,29?/m1/s1. The topological polar surface area (TPSA) is 49.1 Å². The summed E-state index contributed by atoms with van der Waals surface area (Å²) in [4.78, 5) is 13.4. The van der Waals surface area contributed by atoms with Crippen molar-refractivity contribution >= 4 is 18.3 Å². The molecular formula is C29H48N4. The Bertz CT molecular complexity index is 770. The Balaban J connectivity index is 1.97. The third-order valence-electron chi connectivity index (χ3n) is 7.74. The van der Waals surface area contributed by atoms with Gasteiger partial charge < -0.3 is 5.32 Å². The van der Waals surface area contributed by atoms with Crippen molar-refractivity contribution in [1.82, 2.24) is 5.32 Å². The molecule has 0 amide bonds. The first-order valence-corrected chi connectivity index (χ1v) is 13.3. The van der Waals surface area contributed by atoms with E-state index in [4.69, 9.17) is 4.99 Å². The molecule has 0 aromatic carbocycles. The van der Waals surface area contributed by atoms with E-state index in [1.807, 2.05) is 13.1 Å². The molecule has 0 fully saturated rings. The number of unbranched alkanes of at least 4 members (excludes halogenated alkanes) is 1. The summed E-state index contributed by atoms with van der Waals surface area (Å²) in [7, 11) is 1.81. The van der Waals surface area contributed by atoms with Crippen LogP contribution in [0, 0.1) is 17.3 Å². The van der Waals surface area contributed by atoms with Crippen LogP contribution in [0.5, 0.6) is 0 Å². The van der Waals surface area contributed by atoms with E-state index in [9.17, 15) is 0 Å². The molecule has 0 saturated carbocycles. The summed E-state index contributed by atoms with van der Waals surface area (Å²) in [6.07, 6.45) is 22.4. The molecule has 0 bridgehead atoms. The lowest BCUT2D eigenvalue weighted by atomic mass is 9.68. The van der Waals surface area contributed by atoms with Gasteiger partial charge in [0.05, 0.1) is 0 Å². The normalized spacial score (nSPS) is 22.9. The van der Waals surface area contributed by atoms with Crippen LogP contribution in [0.2, 0.25) is 0 Å². The maximum atomic E-state index is 4.91. The third kappa shape index (κ3) is 8.39. The summed E-state index contributed by atoms with van der Waals surface area (Å²) >= 11 is 0. The summed E-state index contributed by atoms with van der Waals surface area (Å²) in [6, 6.07) is 0. The lowest BCUT2D eigenvalue weighted by molar-refractivity contribution is 0.134. The SMILES string of the molecule is C=NC1=C(/C=C/[C@@H]2C=CC(=NC)NC2)CCC(CCCC(CCC)C(C)(CC)CCCC)=N1. The van der Waals surface area contributed by atoms with Crippen molar-refractivity contribution in [2.24, 2.45) is 32.2 Å². The average molecular weight is 453 g/mol. The van der Waals surface area contributed by atoms with Gasteiger partial charge in [0.1, 0.15) is 5.84 Å². The van der Waals surface area contributed by atoms with Gasteiger partial charge in [-0.15, -0.1) is 0 Å². The molecule has 2 aliphatic rings. The van der Waals surface area contributed by atoms with Crippen molar-refractivity contribution in [1.29, 1.82) is 0 Å². The molecule has 2 rings (SSSR count). The molecule has 0 aliphatic carbocycles. The zero-order valence-corrected chi connectivity index (χ0v) is 22.0. The highest BCUT2D eigenvalue weighted by Gasteiger charge is 2.31. The van der Waals surface area contributed by atoms with Gasteiger partial charge in [0.2, 0.25) is 0 Å². The Labute approximate surface area is 203 Å². The maximum Gasteiger partial charge on any atom is 0.154 e. The van der Waals surface area contributed by atoms with Crippen molar-refractivity contribution in [3.63, 3.8) is 0 Å². The molecule has 0 spiro atoms. The highest BCUT2D eigenvalue weighted by Crippen LogP contribution is 2.42. The lowest BCUT2D eigenvalue weighted by Gasteiger charge is -2.38. The zero-order valence-electron chi connectivity index (χ0n) is 22.0. The van der Waals surface area contributed by atoms with Crippen molar-refractivity contribution < 1.29 is 0 Å². The fourth-order valence-electron chi connectivity index (χ4n) is 5.23. The van der Waals surface area contributed by atoms with Gasteiger partial charge in [-0.3, -0.25) is 4.99 Å². The van der Waals surface area contributed by atoms with E-state index >= 15 is 0 Å².